The number of benzene rings is 1. The molecule has 1 rings (SSSR count). The number of carbonyl (C=O) groups excluding carboxylic acids is 1. The Balaban J connectivity index is 0. The molecule has 1 aromatic rings. The number of hydrogen-bond donors (Lipinski definition) is 2. The van der Waals surface area contributed by atoms with Gasteiger partial charge in [0, 0.05) is 13.1 Å². The van der Waals surface area contributed by atoms with Gasteiger partial charge < -0.3 is 15.7 Å². The van der Waals surface area contributed by atoms with Crippen LogP contribution in [0.2, 0.25) is 0 Å². The molecule has 6 heteroatoms. The lowest BCUT2D eigenvalue weighted by Gasteiger charge is -2.25. The molecule has 116 valence electrons. The summed E-state index contributed by atoms with van der Waals surface area (Å²) >= 11 is 0. The van der Waals surface area contributed by atoms with Crippen LogP contribution in [0.15, 0.2) is 24.3 Å². The van der Waals surface area contributed by atoms with Gasteiger partial charge in [0.1, 0.15) is 18.0 Å². The summed E-state index contributed by atoms with van der Waals surface area (Å²) in [7, 11) is 0. The van der Waals surface area contributed by atoms with Gasteiger partial charge in [-0.1, -0.05) is 19.6 Å². The molecule has 0 fully saturated rings. The van der Waals surface area contributed by atoms with Gasteiger partial charge in [0.15, 0.2) is 0 Å². The second-order valence-electron chi connectivity index (χ2n) is 4.03. The highest BCUT2D eigenvalue weighted by Gasteiger charge is 2.27. The van der Waals surface area contributed by atoms with E-state index in [9.17, 15) is 14.3 Å². The number of rotatable bonds is 5. The molecular weight excluding hydrogens is 283 g/mol. The Bertz CT molecular complexity index is 397. The Kier molecular flexibility index (Phi) is 10.2. The van der Waals surface area contributed by atoms with Crippen molar-refractivity contribution in [1.82, 2.24) is 4.90 Å². The van der Waals surface area contributed by atoms with Crippen molar-refractivity contribution in [2.75, 3.05) is 13.1 Å². The summed E-state index contributed by atoms with van der Waals surface area (Å²) in [4.78, 5) is 13.5. The number of halogens is 2. The van der Waals surface area contributed by atoms with Crippen LogP contribution in [0.3, 0.4) is 0 Å². The van der Waals surface area contributed by atoms with Crippen LogP contribution in [0, 0.1) is 5.82 Å². The first-order valence-electron chi connectivity index (χ1n) is 5.99. The molecule has 0 aliphatic carbocycles. The molecule has 4 nitrogen and oxygen atoms in total. The number of hydrogen-bond acceptors (Lipinski definition) is 3. The largest absolute Gasteiger partial charge is 0.386 e. The van der Waals surface area contributed by atoms with E-state index in [2.05, 4.69) is 0 Å². The molecule has 0 aromatic heterocycles. The van der Waals surface area contributed by atoms with Crippen LogP contribution in [0.4, 0.5) is 4.39 Å². The van der Waals surface area contributed by atoms with Crippen molar-refractivity contribution < 1.29 is 14.3 Å². The summed E-state index contributed by atoms with van der Waals surface area (Å²) < 4.78 is 12.8. The lowest BCUT2D eigenvalue weighted by atomic mass is 10.0. The Morgan fingerprint density at radius 2 is 1.75 bits per heavy atom. The number of amides is 1. The van der Waals surface area contributed by atoms with Crippen molar-refractivity contribution >= 4 is 18.3 Å². The first-order valence-corrected chi connectivity index (χ1v) is 5.99. The average Bonchev–Trinajstić information content (AvgIpc) is 2.39. The van der Waals surface area contributed by atoms with Gasteiger partial charge in [-0.15, -0.1) is 12.4 Å². The van der Waals surface area contributed by atoms with Crippen LogP contribution >= 0.6 is 12.4 Å². The van der Waals surface area contributed by atoms with E-state index in [-0.39, 0.29) is 25.7 Å². The Hall–Kier alpha value is -1.17. The molecule has 0 bridgehead atoms. The molecule has 0 aliphatic rings. The fourth-order valence-corrected chi connectivity index (χ4v) is 1.75. The van der Waals surface area contributed by atoms with Crippen molar-refractivity contribution in [2.45, 2.75) is 33.4 Å². The zero-order valence-electron chi connectivity index (χ0n) is 11.0. The third kappa shape index (κ3) is 5.07. The van der Waals surface area contributed by atoms with Gasteiger partial charge in [0.2, 0.25) is 5.91 Å². The predicted octanol–water partition coefficient (Wildman–Crippen LogP) is 2.11. The maximum atomic E-state index is 12.8. The van der Waals surface area contributed by atoms with Gasteiger partial charge in [-0.2, -0.15) is 0 Å². The van der Waals surface area contributed by atoms with Crippen molar-refractivity contribution in [1.29, 1.82) is 0 Å². The lowest BCUT2D eigenvalue weighted by Crippen LogP contribution is -2.46. The summed E-state index contributed by atoms with van der Waals surface area (Å²) in [5, 5.41) is 10.00. The average molecular weight is 307 g/mol. The fourth-order valence-electron chi connectivity index (χ4n) is 1.75. The van der Waals surface area contributed by atoms with Crippen molar-refractivity contribution in [2.24, 2.45) is 5.73 Å². The Morgan fingerprint density at radius 1 is 1.30 bits per heavy atom. The maximum Gasteiger partial charge on any atom is 0.242 e. The highest BCUT2D eigenvalue weighted by atomic mass is 35.5. The molecule has 1 aromatic carbocycles. The van der Waals surface area contributed by atoms with Gasteiger partial charge in [-0.25, -0.2) is 4.39 Å². The normalized spacial score (nSPS) is 12.7. The molecule has 3 N–H and O–H groups in total. The highest BCUT2D eigenvalue weighted by Crippen LogP contribution is 2.17. The molecule has 0 unspecified atom stereocenters. The van der Waals surface area contributed by atoms with Crippen molar-refractivity contribution in [3.63, 3.8) is 0 Å². The van der Waals surface area contributed by atoms with Crippen LogP contribution < -0.4 is 5.73 Å². The summed E-state index contributed by atoms with van der Waals surface area (Å²) in [6.45, 7) is 4.77. The molecule has 2 atom stereocenters. The van der Waals surface area contributed by atoms with E-state index in [0.29, 0.717) is 18.7 Å². The highest BCUT2D eigenvalue weighted by molar-refractivity contribution is 5.85. The molecule has 0 saturated heterocycles. The van der Waals surface area contributed by atoms with E-state index in [1.54, 1.807) is 4.90 Å². The molecular formula is C14H24ClFN2O2. The standard InChI is InChI=1S/C13H19FN2O2.CH4.ClH/c1-3-16(4-2)13(18)11(15)12(17)9-5-7-10(14)8-6-9;;/h5-8,11-12,17H,3-4,15H2,1-2H3;1H4;1H/t11-,12+;;/m1../s1. The topological polar surface area (TPSA) is 66.6 Å². The van der Waals surface area contributed by atoms with E-state index < -0.39 is 18.0 Å². The molecule has 20 heavy (non-hydrogen) atoms. The minimum atomic E-state index is -1.13. The number of carbonyl (C=O) groups is 1. The van der Waals surface area contributed by atoms with Crippen LogP contribution in [0.5, 0.6) is 0 Å². The van der Waals surface area contributed by atoms with Crippen molar-refractivity contribution in [3.8, 4) is 0 Å². The maximum absolute atomic E-state index is 12.8. The minimum absolute atomic E-state index is 0. The molecule has 0 radical (unpaired) electrons. The van der Waals surface area contributed by atoms with Gasteiger partial charge in [-0.05, 0) is 31.5 Å². The lowest BCUT2D eigenvalue weighted by molar-refractivity contribution is -0.134. The van der Waals surface area contributed by atoms with Gasteiger partial charge in [0.05, 0.1) is 0 Å². The third-order valence-corrected chi connectivity index (χ3v) is 2.91. The summed E-state index contributed by atoms with van der Waals surface area (Å²) in [6, 6.07) is 4.28. The number of nitrogens with two attached hydrogens (primary N) is 1. The van der Waals surface area contributed by atoms with Crippen LogP contribution in [-0.4, -0.2) is 35.0 Å². The van der Waals surface area contributed by atoms with E-state index in [0.717, 1.165) is 0 Å². The van der Waals surface area contributed by atoms with Crippen LogP contribution in [0.25, 0.3) is 0 Å². The zero-order valence-corrected chi connectivity index (χ0v) is 11.9. The van der Waals surface area contributed by atoms with Gasteiger partial charge in [0.25, 0.3) is 0 Å². The van der Waals surface area contributed by atoms with Gasteiger partial charge >= 0.3 is 0 Å². The summed E-state index contributed by atoms with van der Waals surface area (Å²) in [5.41, 5.74) is 6.18. The second-order valence-corrected chi connectivity index (χ2v) is 4.03. The smallest absolute Gasteiger partial charge is 0.242 e. The quantitative estimate of drug-likeness (QED) is 0.875. The van der Waals surface area contributed by atoms with Crippen molar-refractivity contribution in [3.05, 3.63) is 35.6 Å². The molecule has 1 amide bonds. The Morgan fingerprint density at radius 3 is 2.15 bits per heavy atom. The van der Waals surface area contributed by atoms with E-state index >= 15 is 0 Å². The van der Waals surface area contributed by atoms with E-state index in [4.69, 9.17) is 5.73 Å². The van der Waals surface area contributed by atoms with E-state index in [1.165, 1.54) is 24.3 Å². The number of nitrogens with zero attached hydrogens (tertiary/aromatic N) is 1. The molecule has 0 heterocycles. The first-order chi connectivity index (χ1) is 8.51. The molecule has 0 aliphatic heterocycles. The predicted molar refractivity (Wildman–Crippen MR) is 81.2 cm³/mol. The minimum Gasteiger partial charge on any atom is -0.386 e. The SMILES string of the molecule is C.CCN(CC)C(=O)[C@H](N)[C@@H](O)c1ccc(F)cc1.Cl. The molecule has 0 spiro atoms. The summed E-state index contributed by atoms with van der Waals surface area (Å²) in [6.07, 6.45) is -1.13. The summed E-state index contributed by atoms with van der Waals surface area (Å²) in [5.74, 6) is -0.702. The monoisotopic (exact) mass is 306 g/mol. The molecule has 0 saturated carbocycles. The fraction of sp³-hybridized carbons (Fsp3) is 0.500. The Labute approximate surface area is 126 Å². The first kappa shape index (κ1) is 21.1. The van der Waals surface area contributed by atoms with Crippen LogP contribution in [0.1, 0.15) is 32.9 Å². The van der Waals surface area contributed by atoms with Gasteiger partial charge in [-0.3, -0.25) is 4.79 Å². The number of aliphatic hydroxyl groups excluding tert-OH is 1. The van der Waals surface area contributed by atoms with E-state index in [1.807, 2.05) is 13.8 Å². The zero-order chi connectivity index (χ0) is 13.7. The number of likely N-dealkylation sites (N-methyl/N-ethyl adjacent to an activating group) is 1. The number of aliphatic hydroxyl groups is 1. The van der Waals surface area contributed by atoms with Crippen LogP contribution in [-0.2, 0) is 4.79 Å². The third-order valence-electron chi connectivity index (χ3n) is 2.91. The second kappa shape index (κ2) is 9.69.